The first-order chi connectivity index (χ1) is 8.06. The first kappa shape index (κ1) is 14.5. The van der Waals surface area contributed by atoms with Gasteiger partial charge in [0.1, 0.15) is 0 Å². The first-order valence-corrected chi connectivity index (χ1v) is 7.35. The van der Waals surface area contributed by atoms with E-state index < -0.39 is 0 Å². The van der Waals surface area contributed by atoms with Gasteiger partial charge in [-0.15, -0.1) is 0 Å². The fourth-order valence-electron chi connectivity index (χ4n) is 3.32. The fourth-order valence-corrected chi connectivity index (χ4v) is 3.32. The molecule has 0 N–H and O–H groups in total. The molecule has 0 nitrogen and oxygen atoms in total. The van der Waals surface area contributed by atoms with Crippen LogP contribution in [0.2, 0.25) is 0 Å². The SMILES string of the molecule is C/C=C\C(C1C=CCC[C@H]1C)[C@@H](C)CC(C)C. The minimum Gasteiger partial charge on any atom is -0.0914 e. The van der Waals surface area contributed by atoms with E-state index in [-0.39, 0.29) is 0 Å². The van der Waals surface area contributed by atoms with Gasteiger partial charge in [0.05, 0.1) is 0 Å². The van der Waals surface area contributed by atoms with Gasteiger partial charge in [-0.25, -0.2) is 0 Å². The Morgan fingerprint density at radius 2 is 2.00 bits per heavy atom. The highest BCUT2D eigenvalue weighted by atomic mass is 14.3. The van der Waals surface area contributed by atoms with E-state index >= 15 is 0 Å². The van der Waals surface area contributed by atoms with Crippen molar-refractivity contribution in [3.05, 3.63) is 24.3 Å². The van der Waals surface area contributed by atoms with Gasteiger partial charge in [0.15, 0.2) is 0 Å². The maximum absolute atomic E-state index is 2.48. The number of rotatable bonds is 5. The second kappa shape index (κ2) is 7.03. The molecule has 0 heterocycles. The van der Waals surface area contributed by atoms with Crippen LogP contribution in [0.5, 0.6) is 0 Å². The number of hydrogen-bond acceptors (Lipinski definition) is 0. The summed E-state index contributed by atoms with van der Waals surface area (Å²) in [5.74, 6) is 3.93. The summed E-state index contributed by atoms with van der Waals surface area (Å²) in [4.78, 5) is 0. The standard InChI is InChI=1S/C17H30/c1-6-9-16(15(5)12-13(2)3)17-11-8-7-10-14(17)4/h6,8-9,11,13-17H,7,10,12H2,1-5H3/b9-6-/t14-,15+,16?,17?/m1/s1. The maximum Gasteiger partial charge on any atom is -0.0142 e. The molecule has 98 valence electrons. The summed E-state index contributed by atoms with van der Waals surface area (Å²) in [6.07, 6.45) is 13.5. The summed E-state index contributed by atoms with van der Waals surface area (Å²) < 4.78 is 0. The number of allylic oxidation sites excluding steroid dienone is 4. The molecule has 0 saturated carbocycles. The van der Waals surface area contributed by atoms with Crippen molar-refractivity contribution in [2.24, 2.45) is 29.6 Å². The van der Waals surface area contributed by atoms with Gasteiger partial charge in [-0.2, -0.15) is 0 Å². The molecule has 0 aromatic carbocycles. The highest BCUT2D eigenvalue weighted by Gasteiger charge is 2.28. The predicted octanol–water partition coefficient (Wildman–Crippen LogP) is 5.46. The van der Waals surface area contributed by atoms with Gasteiger partial charge >= 0.3 is 0 Å². The van der Waals surface area contributed by atoms with Gasteiger partial charge in [-0.1, -0.05) is 52.0 Å². The lowest BCUT2D eigenvalue weighted by Gasteiger charge is -2.34. The molecule has 0 aliphatic heterocycles. The minimum absolute atomic E-state index is 0.731. The van der Waals surface area contributed by atoms with E-state index in [4.69, 9.17) is 0 Å². The van der Waals surface area contributed by atoms with Crippen molar-refractivity contribution in [3.63, 3.8) is 0 Å². The van der Waals surface area contributed by atoms with Crippen molar-refractivity contribution in [1.82, 2.24) is 0 Å². The van der Waals surface area contributed by atoms with Crippen LogP contribution >= 0.6 is 0 Å². The smallest absolute Gasteiger partial charge is 0.0142 e. The molecule has 0 spiro atoms. The third-order valence-corrected chi connectivity index (χ3v) is 4.16. The Kier molecular flexibility index (Phi) is 6.02. The van der Waals surface area contributed by atoms with Gasteiger partial charge in [-0.3, -0.25) is 0 Å². The minimum atomic E-state index is 0.731. The third-order valence-electron chi connectivity index (χ3n) is 4.16. The molecule has 4 atom stereocenters. The van der Waals surface area contributed by atoms with E-state index in [1.54, 1.807) is 0 Å². The third kappa shape index (κ3) is 4.33. The van der Waals surface area contributed by atoms with Crippen LogP contribution < -0.4 is 0 Å². The van der Waals surface area contributed by atoms with Gasteiger partial charge in [0, 0.05) is 0 Å². The summed E-state index contributed by atoms with van der Waals surface area (Å²) in [5.41, 5.74) is 0. The Hall–Kier alpha value is -0.520. The Balaban J connectivity index is 2.76. The quantitative estimate of drug-likeness (QED) is 0.554. The second-order valence-electron chi connectivity index (χ2n) is 6.27. The van der Waals surface area contributed by atoms with E-state index in [9.17, 15) is 0 Å². The Bertz CT molecular complexity index is 259. The summed E-state index contributed by atoms with van der Waals surface area (Å²) in [7, 11) is 0. The van der Waals surface area contributed by atoms with Gasteiger partial charge in [0.2, 0.25) is 0 Å². The molecule has 0 bridgehead atoms. The van der Waals surface area contributed by atoms with Crippen molar-refractivity contribution < 1.29 is 0 Å². The van der Waals surface area contributed by atoms with Crippen LogP contribution in [0.3, 0.4) is 0 Å². The average molecular weight is 234 g/mol. The van der Waals surface area contributed by atoms with Crippen molar-refractivity contribution >= 4 is 0 Å². The molecule has 0 fully saturated rings. The molecular weight excluding hydrogens is 204 g/mol. The molecule has 2 unspecified atom stereocenters. The van der Waals surface area contributed by atoms with Crippen LogP contribution in [-0.4, -0.2) is 0 Å². The lowest BCUT2D eigenvalue weighted by atomic mass is 9.70. The summed E-state index contributed by atoms with van der Waals surface area (Å²) in [6.45, 7) is 11.7. The van der Waals surface area contributed by atoms with Crippen LogP contribution in [0, 0.1) is 29.6 Å². The molecule has 0 aromatic rings. The summed E-state index contributed by atoms with van der Waals surface area (Å²) >= 11 is 0. The lowest BCUT2D eigenvalue weighted by molar-refractivity contribution is 0.228. The van der Waals surface area contributed by atoms with Gasteiger partial charge < -0.3 is 0 Å². The zero-order valence-electron chi connectivity index (χ0n) is 12.3. The van der Waals surface area contributed by atoms with Crippen LogP contribution in [-0.2, 0) is 0 Å². The van der Waals surface area contributed by atoms with E-state index in [2.05, 4.69) is 58.9 Å². The molecule has 1 aliphatic carbocycles. The van der Waals surface area contributed by atoms with E-state index in [0.29, 0.717) is 0 Å². The van der Waals surface area contributed by atoms with Gasteiger partial charge in [0.25, 0.3) is 0 Å². The Morgan fingerprint density at radius 1 is 1.29 bits per heavy atom. The topological polar surface area (TPSA) is 0 Å². The van der Waals surface area contributed by atoms with Crippen LogP contribution in [0.15, 0.2) is 24.3 Å². The Morgan fingerprint density at radius 3 is 2.53 bits per heavy atom. The van der Waals surface area contributed by atoms with Crippen molar-refractivity contribution in [2.75, 3.05) is 0 Å². The van der Waals surface area contributed by atoms with Crippen LogP contribution in [0.25, 0.3) is 0 Å². The van der Waals surface area contributed by atoms with Crippen molar-refractivity contribution in [1.29, 1.82) is 0 Å². The molecule has 0 radical (unpaired) electrons. The molecule has 0 amide bonds. The molecule has 0 aromatic heterocycles. The highest BCUT2D eigenvalue weighted by Crippen LogP contribution is 2.37. The summed E-state index contributed by atoms with van der Waals surface area (Å²) in [6, 6.07) is 0. The summed E-state index contributed by atoms with van der Waals surface area (Å²) in [5, 5.41) is 0. The molecule has 1 aliphatic rings. The van der Waals surface area contributed by atoms with Gasteiger partial charge in [-0.05, 0) is 55.8 Å². The molecule has 0 heteroatoms. The number of hydrogen-bond donors (Lipinski definition) is 0. The van der Waals surface area contributed by atoms with E-state index in [1.165, 1.54) is 19.3 Å². The lowest BCUT2D eigenvalue weighted by Crippen LogP contribution is -2.26. The molecule has 0 saturated heterocycles. The van der Waals surface area contributed by atoms with Crippen molar-refractivity contribution in [2.45, 2.75) is 53.9 Å². The first-order valence-electron chi connectivity index (χ1n) is 7.35. The highest BCUT2D eigenvalue weighted by molar-refractivity contribution is 5.05. The van der Waals surface area contributed by atoms with Crippen molar-refractivity contribution in [3.8, 4) is 0 Å². The largest absolute Gasteiger partial charge is 0.0914 e. The monoisotopic (exact) mass is 234 g/mol. The fraction of sp³-hybridized carbons (Fsp3) is 0.765. The molecule has 17 heavy (non-hydrogen) atoms. The molecular formula is C17H30. The maximum atomic E-state index is 2.48. The predicted molar refractivity (Wildman–Crippen MR) is 78.0 cm³/mol. The van der Waals surface area contributed by atoms with E-state index in [0.717, 1.165) is 29.6 Å². The van der Waals surface area contributed by atoms with Crippen LogP contribution in [0.4, 0.5) is 0 Å². The average Bonchev–Trinajstić information content (AvgIpc) is 2.26. The normalized spacial score (nSPS) is 28.8. The van der Waals surface area contributed by atoms with E-state index in [1.807, 2.05) is 0 Å². The Labute approximate surface area is 108 Å². The zero-order chi connectivity index (χ0) is 12.8. The van der Waals surface area contributed by atoms with Crippen LogP contribution in [0.1, 0.15) is 53.9 Å². The second-order valence-corrected chi connectivity index (χ2v) is 6.27. The molecule has 1 rings (SSSR count). The zero-order valence-corrected chi connectivity index (χ0v) is 12.3.